The van der Waals surface area contributed by atoms with E-state index in [0.717, 1.165) is 42.7 Å². The van der Waals surface area contributed by atoms with Crippen molar-refractivity contribution in [1.29, 1.82) is 0 Å². The number of hydrogen-bond acceptors (Lipinski definition) is 4. The van der Waals surface area contributed by atoms with Crippen LogP contribution in [0.4, 0.5) is 10.5 Å². The third-order valence-electron chi connectivity index (χ3n) is 9.41. The van der Waals surface area contributed by atoms with Crippen LogP contribution in [0.2, 0.25) is 0 Å². The van der Waals surface area contributed by atoms with E-state index in [0.29, 0.717) is 38.8 Å². The fourth-order valence-corrected chi connectivity index (χ4v) is 6.58. The average Bonchev–Trinajstić information content (AvgIpc) is 3.17. The Morgan fingerprint density at radius 3 is 2.24 bits per heavy atom. The standard InChI is InChI=1S/C33H45N5O3/c1-32(2)26-12-8-9-13-28(26)38(30(32)40)25-16-20-37(21-17-25)29(39)27(15-14-24-10-6-5-7-11-24)34-31(41)35-33(3)18-22-36(4)23-19-33/h5-13,25,27H,14-23H2,1-4H3,(H2,34,35,41)/t27-/m0/s1. The fraction of sp³-hybridized carbons (Fsp3) is 0.545. The summed E-state index contributed by atoms with van der Waals surface area (Å²) in [6.45, 7) is 9.06. The van der Waals surface area contributed by atoms with Gasteiger partial charge >= 0.3 is 6.03 Å². The Labute approximate surface area is 244 Å². The summed E-state index contributed by atoms with van der Waals surface area (Å²) in [6.07, 6.45) is 4.41. The number of anilines is 1. The van der Waals surface area contributed by atoms with Crippen LogP contribution in [-0.2, 0) is 21.4 Å². The molecular formula is C33H45N5O3. The van der Waals surface area contributed by atoms with Gasteiger partial charge < -0.3 is 25.3 Å². The van der Waals surface area contributed by atoms with E-state index in [2.05, 4.69) is 41.6 Å². The number of urea groups is 1. The molecule has 41 heavy (non-hydrogen) atoms. The first-order chi connectivity index (χ1) is 19.6. The molecule has 2 N–H and O–H groups in total. The Morgan fingerprint density at radius 1 is 0.927 bits per heavy atom. The van der Waals surface area contributed by atoms with Gasteiger partial charge in [0, 0.05) is 43.4 Å². The smallest absolute Gasteiger partial charge is 0.315 e. The molecule has 2 fully saturated rings. The Bertz CT molecular complexity index is 1250. The van der Waals surface area contributed by atoms with Crippen molar-refractivity contribution in [2.24, 2.45) is 0 Å². The zero-order chi connectivity index (χ0) is 29.2. The molecule has 5 rings (SSSR count). The molecule has 2 aromatic rings. The van der Waals surface area contributed by atoms with Crippen LogP contribution >= 0.6 is 0 Å². The predicted molar refractivity (Wildman–Crippen MR) is 162 cm³/mol. The van der Waals surface area contributed by atoms with Gasteiger partial charge in [-0.15, -0.1) is 0 Å². The summed E-state index contributed by atoms with van der Waals surface area (Å²) in [4.78, 5) is 46.6. The normalized spacial score (nSPS) is 21.3. The number of benzene rings is 2. The molecule has 0 spiro atoms. The molecule has 0 aliphatic carbocycles. The molecule has 0 saturated carbocycles. The number of nitrogens with one attached hydrogen (secondary N) is 2. The number of para-hydroxylation sites is 1. The van der Waals surface area contributed by atoms with Crippen LogP contribution in [0.3, 0.4) is 0 Å². The minimum atomic E-state index is -0.616. The van der Waals surface area contributed by atoms with E-state index in [1.54, 1.807) is 0 Å². The maximum absolute atomic E-state index is 13.9. The summed E-state index contributed by atoms with van der Waals surface area (Å²) in [7, 11) is 2.10. The highest BCUT2D eigenvalue weighted by molar-refractivity contribution is 6.08. The molecule has 0 aromatic heterocycles. The third kappa shape index (κ3) is 6.27. The second kappa shape index (κ2) is 11.8. The summed E-state index contributed by atoms with van der Waals surface area (Å²) in [5.41, 5.74) is 2.37. The second-order valence-electron chi connectivity index (χ2n) is 12.9. The number of aryl methyl sites for hydroxylation is 1. The number of hydrogen-bond donors (Lipinski definition) is 2. The lowest BCUT2D eigenvalue weighted by atomic mass is 9.86. The number of rotatable bonds is 7. The van der Waals surface area contributed by atoms with E-state index in [1.165, 1.54) is 0 Å². The zero-order valence-corrected chi connectivity index (χ0v) is 25.0. The Hall–Kier alpha value is -3.39. The van der Waals surface area contributed by atoms with Crippen LogP contribution in [0.1, 0.15) is 64.0 Å². The Balaban J connectivity index is 1.24. The minimum absolute atomic E-state index is 0.0449. The first-order valence-corrected chi connectivity index (χ1v) is 15.1. The summed E-state index contributed by atoms with van der Waals surface area (Å²) in [5, 5.41) is 6.22. The molecule has 0 bridgehead atoms. The molecule has 4 amide bonds. The van der Waals surface area contributed by atoms with Gasteiger partial charge in [-0.1, -0.05) is 48.5 Å². The van der Waals surface area contributed by atoms with Crippen LogP contribution in [0, 0.1) is 0 Å². The van der Waals surface area contributed by atoms with Crippen molar-refractivity contribution in [3.05, 3.63) is 65.7 Å². The molecule has 3 aliphatic rings. The Morgan fingerprint density at radius 2 is 1.56 bits per heavy atom. The molecular weight excluding hydrogens is 514 g/mol. The minimum Gasteiger partial charge on any atom is -0.341 e. The first-order valence-electron chi connectivity index (χ1n) is 15.1. The predicted octanol–water partition coefficient (Wildman–Crippen LogP) is 4.09. The molecule has 3 aliphatic heterocycles. The van der Waals surface area contributed by atoms with Gasteiger partial charge in [0.1, 0.15) is 6.04 Å². The molecule has 0 radical (unpaired) electrons. The Kier molecular flexibility index (Phi) is 8.41. The molecule has 0 unspecified atom stereocenters. The van der Waals surface area contributed by atoms with Crippen molar-refractivity contribution in [2.75, 3.05) is 38.1 Å². The van der Waals surface area contributed by atoms with Gasteiger partial charge in [-0.2, -0.15) is 0 Å². The fourth-order valence-electron chi connectivity index (χ4n) is 6.58. The lowest BCUT2D eigenvalue weighted by Gasteiger charge is -2.40. The van der Waals surface area contributed by atoms with Crippen molar-refractivity contribution in [1.82, 2.24) is 20.4 Å². The van der Waals surface area contributed by atoms with Crippen molar-refractivity contribution in [3.8, 4) is 0 Å². The van der Waals surface area contributed by atoms with Crippen molar-refractivity contribution in [3.63, 3.8) is 0 Å². The van der Waals surface area contributed by atoms with Crippen molar-refractivity contribution in [2.45, 2.75) is 82.3 Å². The second-order valence-corrected chi connectivity index (χ2v) is 12.9. The molecule has 8 nitrogen and oxygen atoms in total. The molecule has 3 heterocycles. The number of piperidine rings is 2. The van der Waals surface area contributed by atoms with Gasteiger partial charge in [0.2, 0.25) is 11.8 Å². The summed E-state index contributed by atoms with van der Waals surface area (Å²) in [5.74, 6) is 0.0847. The summed E-state index contributed by atoms with van der Waals surface area (Å²) >= 11 is 0. The van der Waals surface area contributed by atoms with Gasteiger partial charge in [0.15, 0.2) is 0 Å². The molecule has 220 valence electrons. The van der Waals surface area contributed by atoms with Gasteiger partial charge in [0.05, 0.1) is 5.41 Å². The number of amides is 4. The van der Waals surface area contributed by atoms with Crippen LogP contribution in [0.25, 0.3) is 0 Å². The maximum atomic E-state index is 13.9. The molecule has 1 atom stereocenters. The van der Waals surface area contributed by atoms with Gasteiger partial charge in [-0.05, 0) is 83.5 Å². The summed E-state index contributed by atoms with van der Waals surface area (Å²) < 4.78 is 0. The number of carbonyl (C=O) groups excluding carboxylic acids is 3. The SMILES string of the molecule is CN1CCC(C)(NC(=O)N[C@@H](CCc2ccccc2)C(=O)N2CCC(N3C(=O)C(C)(C)c4ccccc43)CC2)CC1. The maximum Gasteiger partial charge on any atom is 0.315 e. The highest BCUT2D eigenvalue weighted by Gasteiger charge is 2.47. The number of carbonyl (C=O) groups is 3. The van der Waals surface area contributed by atoms with Gasteiger partial charge in [-0.3, -0.25) is 9.59 Å². The van der Waals surface area contributed by atoms with Gasteiger partial charge in [-0.25, -0.2) is 4.79 Å². The van der Waals surface area contributed by atoms with E-state index in [-0.39, 0.29) is 29.4 Å². The van der Waals surface area contributed by atoms with Crippen molar-refractivity contribution >= 4 is 23.5 Å². The van der Waals surface area contributed by atoms with Crippen molar-refractivity contribution < 1.29 is 14.4 Å². The molecule has 2 saturated heterocycles. The van der Waals surface area contributed by atoms with E-state index in [9.17, 15) is 14.4 Å². The zero-order valence-electron chi connectivity index (χ0n) is 25.0. The quantitative estimate of drug-likeness (QED) is 0.535. The summed E-state index contributed by atoms with van der Waals surface area (Å²) in [6, 6.07) is 17.3. The van der Waals surface area contributed by atoms with Crippen LogP contribution in [-0.4, -0.2) is 78.5 Å². The first kappa shape index (κ1) is 29.1. The third-order valence-corrected chi connectivity index (χ3v) is 9.41. The molecule has 2 aromatic carbocycles. The lowest BCUT2D eigenvalue weighted by molar-refractivity contribution is -0.134. The van der Waals surface area contributed by atoms with E-state index in [4.69, 9.17) is 0 Å². The number of nitrogens with zero attached hydrogens (tertiary/aromatic N) is 3. The van der Waals surface area contributed by atoms with Crippen LogP contribution in [0.5, 0.6) is 0 Å². The highest BCUT2D eigenvalue weighted by Crippen LogP contribution is 2.43. The van der Waals surface area contributed by atoms with Crippen LogP contribution < -0.4 is 15.5 Å². The highest BCUT2D eigenvalue weighted by atomic mass is 16.2. The van der Waals surface area contributed by atoms with E-state index >= 15 is 0 Å². The number of likely N-dealkylation sites (tertiary alicyclic amines) is 2. The largest absolute Gasteiger partial charge is 0.341 e. The molecule has 8 heteroatoms. The number of fused-ring (bicyclic) bond motifs is 1. The average molecular weight is 560 g/mol. The monoisotopic (exact) mass is 559 g/mol. The van der Waals surface area contributed by atoms with Crippen LogP contribution in [0.15, 0.2) is 54.6 Å². The van der Waals surface area contributed by atoms with E-state index in [1.807, 2.05) is 66.1 Å². The lowest BCUT2D eigenvalue weighted by Crippen LogP contribution is -2.59. The van der Waals surface area contributed by atoms with Gasteiger partial charge in [0.25, 0.3) is 0 Å². The topological polar surface area (TPSA) is 85.0 Å². The van der Waals surface area contributed by atoms with E-state index < -0.39 is 11.5 Å².